The van der Waals surface area contributed by atoms with Crippen LogP contribution in [0.15, 0.2) is 47.4 Å². The molecule has 0 saturated carbocycles. The number of nitro groups is 1. The number of hydrogen-bond acceptors (Lipinski definition) is 6. The van der Waals surface area contributed by atoms with Gasteiger partial charge in [0, 0.05) is 11.6 Å². The SMILES string of the molecule is CCOc1ccc(Oc2ccc(S(=O)(=O)NC(C)(C)C)cc2[N+](=O)[O-])cc1. The van der Waals surface area contributed by atoms with Crippen LogP contribution >= 0.6 is 0 Å². The first-order chi connectivity index (χ1) is 12.5. The summed E-state index contributed by atoms with van der Waals surface area (Å²) in [5.74, 6) is 0.956. The van der Waals surface area contributed by atoms with E-state index >= 15 is 0 Å². The van der Waals surface area contributed by atoms with E-state index in [4.69, 9.17) is 9.47 Å². The van der Waals surface area contributed by atoms with Crippen LogP contribution in [-0.2, 0) is 10.0 Å². The van der Waals surface area contributed by atoms with E-state index in [2.05, 4.69) is 4.72 Å². The van der Waals surface area contributed by atoms with Gasteiger partial charge in [-0.1, -0.05) is 0 Å². The highest BCUT2D eigenvalue weighted by Crippen LogP contribution is 2.34. The van der Waals surface area contributed by atoms with E-state index in [1.807, 2.05) is 6.92 Å². The molecule has 9 heteroatoms. The summed E-state index contributed by atoms with van der Waals surface area (Å²) in [7, 11) is -3.90. The van der Waals surface area contributed by atoms with Gasteiger partial charge in [0.25, 0.3) is 0 Å². The van der Waals surface area contributed by atoms with Crippen molar-refractivity contribution in [1.82, 2.24) is 4.72 Å². The molecule has 0 aliphatic carbocycles. The van der Waals surface area contributed by atoms with Crippen molar-refractivity contribution in [3.8, 4) is 17.2 Å². The molecule has 8 nitrogen and oxygen atoms in total. The average molecular weight is 394 g/mol. The van der Waals surface area contributed by atoms with Crippen molar-refractivity contribution in [1.29, 1.82) is 0 Å². The standard InChI is InChI=1S/C18H22N2O6S/c1-5-25-13-6-8-14(9-7-13)26-17-11-10-15(12-16(17)20(21)22)27(23,24)19-18(2,3)4/h6-12,19H,5H2,1-4H3. The van der Waals surface area contributed by atoms with E-state index in [0.717, 1.165) is 6.07 Å². The van der Waals surface area contributed by atoms with Crippen LogP contribution in [0.1, 0.15) is 27.7 Å². The Morgan fingerprint density at radius 1 is 1.07 bits per heavy atom. The van der Waals surface area contributed by atoms with Gasteiger partial charge in [0.15, 0.2) is 0 Å². The van der Waals surface area contributed by atoms with E-state index in [1.54, 1.807) is 45.0 Å². The molecule has 0 saturated heterocycles. The lowest BCUT2D eigenvalue weighted by molar-refractivity contribution is -0.385. The lowest BCUT2D eigenvalue weighted by atomic mass is 10.1. The molecule has 0 fully saturated rings. The van der Waals surface area contributed by atoms with Gasteiger partial charge in [0.1, 0.15) is 11.5 Å². The minimum absolute atomic E-state index is 0.0566. The van der Waals surface area contributed by atoms with Gasteiger partial charge >= 0.3 is 5.69 Å². The minimum Gasteiger partial charge on any atom is -0.494 e. The van der Waals surface area contributed by atoms with E-state index in [0.29, 0.717) is 18.1 Å². The van der Waals surface area contributed by atoms with Crippen LogP contribution in [-0.4, -0.2) is 25.5 Å². The lowest BCUT2D eigenvalue weighted by Crippen LogP contribution is -2.40. The van der Waals surface area contributed by atoms with Gasteiger partial charge in [-0.25, -0.2) is 13.1 Å². The number of benzene rings is 2. The fourth-order valence-electron chi connectivity index (χ4n) is 2.25. The maximum atomic E-state index is 12.4. The quantitative estimate of drug-likeness (QED) is 0.564. The Kier molecular flexibility index (Phi) is 6.07. The first-order valence-electron chi connectivity index (χ1n) is 8.25. The van der Waals surface area contributed by atoms with E-state index in [-0.39, 0.29) is 10.6 Å². The second-order valence-electron chi connectivity index (χ2n) is 6.75. The molecule has 0 amide bonds. The zero-order valence-corrected chi connectivity index (χ0v) is 16.4. The zero-order valence-electron chi connectivity index (χ0n) is 15.6. The van der Waals surface area contributed by atoms with Gasteiger partial charge < -0.3 is 9.47 Å². The molecule has 0 bridgehead atoms. The number of sulfonamides is 1. The number of nitrogens with zero attached hydrogens (tertiary/aromatic N) is 1. The lowest BCUT2D eigenvalue weighted by Gasteiger charge is -2.20. The Morgan fingerprint density at radius 2 is 1.67 bits per heavy atom. The number of nitrogens with one attached hydrogen (secondary N) is 1. The topological polar surface area (TPSA) is 108 Å². The predicted molar refractivity (Wildman–Crippen MR) is 101 cm³/mol. The molecule has 2 aromatic rings. The maximum Gasteiger partial charge on any atom is 0.312 e. The molecule has 0 unspecified atom stereocenters. The van der Waals surface area contributed by atoms with Crippen molar-refractivity contribution in [2.75, 3.05) is 6.61 Å². The fraction of sp³-hybridized carbons (Fsp3) is 0.333. The Bertz CT molecular complexity index is 918. The van der Waals surface area contributed by atoms with Crippen LogP contribution in [0.4, 0.5) is 5.69 Å². The molecule has 2 rings (SSSR count). The summed E-state index contributed by atoms with van der Waals surface area (Å²) in [5, 5.41) is 11.4. The normalized spacial score (nSPS) is 11.9. The third-order valence-corrected chi connectivity index (χ3v) is 5.00. The molecule has 0 radical (unpaired) electrons. The summed E-state index contributed by atoms with van der Waals surface area (Å²) < 4.78 is 38.2. The average Bonchev–Trinajstić information content (AvgIpc) is 2.54. The summed E-state index contributed by atoms with van der Waals surface area (Å²) in [6, 6.07) is 10.1. The van der Waals surface area contributed by atoms with Crippen molar-refractivity contribution in [2.24, 2.45) is 0 Å². The first-order valence-corrected chi connectivity index (χ1v) is 9.73. The van der Waals surface area contributed by atoms with Crippen LogP contribution in [0.2, 0.25) is 0 Å². The smallest absolute Gasteiger partial charge is 0.312 e. The molecule has 0 heterocycles. The summed E-state index contributed by atoms with van der Waals surface area (Å²) >= 11 is 0. The molecule has 0 aliphatic rings. The Hall–Kier alpha value is -2.65. The zero-order chi connectivity index (χ0) is 20.2. The highest BCUT2D eigenvalue weighted by atomic mass is 32.2. The van der Waals surface area contributed by atoms with Gasteiger partial charge in [0.05, 0.1) is 16.4 Å². The minimum atomic E-state index is -3.90. The van der Waals surface area contributed by atoms with Crippen molar-refractivity contribution >= 4 is 15.7 Å². The maximum absolute atomic E-state index is 12.4. The summed E-state index contributed by atoms with van der Waals surface area (Å²) in [6.45, 7) is 7.43. The number of ether oxygens (including phenoxy) is 2. The van der Waals surface area contributed by atoms with Crippen molar-refractivity contribution in [2.45, 2.75) is 38.1 Å². The van der Waals surface area contributed by atoms with Crippen LogP contribution in [0, 0.1) is 10.1 Å². The number of hydrogen-bond donors (Lipinski definition) is 1. The van der Waals surface area contributed by atoms with Crippen molar-refractivity contribution in [3.05, 3.63) is 52.6 Å². The molecule has 27 heavy (non-hydrogen) atoms. The second-order valence-corrected chi connectivity index (χ2v) is 8.43. The largest absolute Gasteiger partial charge is 0.494 e. The number of rotatable bonds is 7. The molecule has 0 atom stereocenters. The van der Waals surface area contributed by atoms with Gasteiger partial charge in [-0.15, -0.1) is 0 Å². The van der Waals surface area contributed by atoms with Crippen LogP contribution < -0.4 is 14.2 Å². The van der Waals surface area contributed by atoms with Crippen LogP contribution in [0.3, 0.4) is 0 Å². The van der Waals surface area contributed by atoms with Crippen molar-refractivity contribution < 1.29 is 22.8 Å². The molecule has 1 N–H and O–H groups in total. The highest BCUT2D eigenvalue weighted by molar-refractivity contribution is 7.89. The summed E-state index contributed by atoms with van der Waals surface area (Å²) in [6.07, 6.45) is 0. The Labute approximate surface area is 158 Å². The molecular formula is C18H22N2O6S. The summed E-state index contributed by atoms with van der Waals surface area (Å²) in [4.78, 5) is 10.5. The van der Waals surface area contributed by atoms with Crippen molar-refractivity contribution in [3.63, 3.8) is 0 Å². The highest BCUT2D eigenvalue weighted by Gasteiger charge is 2.26. The molecule has 146 valence electrons. The van der Waals surface area contributed by atoms with Gasteiger partial charge in [0.2, 0.25) is 15.8 Å². The molecule has 2 aromatic carbocycles. The van der Waals surface area contributed by atoms with Gasteiger partial charge in [-0.3, -0.25) is 10.1 Å². The third-order valence-electron chi connectivity index (χ3n) is 3.24. The Balaban J connectivity index is 2.34. The first kappa shape index (κ1) is 20.7. The van der Waals surface area contributed by atoms with E-state index in [9.17, 15) is 18.5 Å². The van der Waals surface area contributed by atoms with Gasteiger partial charge in [-0.2, -0.15) is 0 Å². The van der Waals surface area contributed by atoms with E-state index in [1.165, 1.54) is 12.1 Å². The Morgan fingerprint density at radius 3 is 2.19 bits per heavy atom. The predicted octanol–water partition coefficient (Wildman–Crippen LogP) is 3.86. The molecule has 0 aromatic heterocycles. The molecule has 0 spiro atoms. The fourth-order valence-corrected chi connectivity index (χ4v) is 3.69. The van der Waals surface area contributed by atoms with Crippen LogP contribution in [0.25, 0.3) is 0 Å². The van der Waals surface area contributed by atoms with E-state index < -0.39 is 26.2 Å². The van der Waals surface area contributed by atoms with Gasteiger partial charge in [-0.05, 0) is 64.1 Å². The summed E-state index contributed by atoms with van der Waals surface area (Å²) in [5.41, 5.74) is -1.16. The monoisotopic (exact) mass is 394 g/mol. The molecule has 0 aliphatic heterocycles. The molecular weight excluding hydrogens is 372 g/mol. The van der Waals surface area contributed by atoms with Crippen LogP contribution in [0.5, 0.6) is 17.2 Å². The third kappa shape index (κ3) is 5.66. The second kappa shape index (κ2) is 7.93. The number of nitro benzene ring substituents is 1.